The molecular weight excluding hydrogens is 260 g/mol. The zero-order valence-electron chi connectivity index (χ0n) is 12.4. The number of β-amino-alcohol motifs (C(OH)–C–C–N with tert-alkyl or cyclic N) is 1. The number of piperidine rings is 1. The molecule has 2 amide bonds. The number of hydrogen-bond acceptors (Lipinski definition) is 4. The lowest BCUT2D eigenvalue weighted by Gasteiger charge is -2.36. The van der Waals surface area contributed by atoms with Crippen LogP contribution in [0.25, 0.3) is 0 Å². The number of nitrogens with one attached hydrogen (secondary N) is 1. The van der Waals surface area contributed by atoms with Crippen LogP contribution in [-0.4, -0.2) is 52.8 Å². The van der Waals surface area contributed by atoms with Crippen molar-refractivity contribution in [3.63, 3.8) is 0 Å². The van der Waals surface area contributed by atoms with E-state index in [2.05, 4.69) is 5.32 Å². The van der Waals surface area contributed by atoms with E-state index in [1.807, 2.05) is 20.8 Å². The molecule has 2 fully saturated rings. The summed E-state index contributed by atoms with van der Waals surface area (Å²) in [6.45, 7) is 6.12. The molecule has 0 aromatic carbocycles. The number of likely N-dealkylation sites (tertiary alicyclic amines) is 1. The van der Waals surface area contributed by atoms with Crippen LogP contribution in [0.15, 0.2) is 0 Å². The average molecular weight is 284 g/mol. The first-order chi connectivity index (χ1) is 9.26. The van der Waals surface area contributed by atoms with Crippen LogP contribution in [0.3, 0.4) is 0 Å². The van der Waals surface area contributed by atoms with E-state index >= 15 is 0 Å². The minimum absolute atomic E-state index is 0.0276. The number of aliphatic hydroxyl groups excluding tert-OH is 1. The molecule has 1 aliphatic heterocycles. The van der Waals surface area contributed by atoms with Crippen LogP contribution in [0, 0.1) is 5.92 Å². The highest BCUT2D eigenvalue weighted by Crippen LogP contribution is 2.29. The van der Waals surface area contributed by atoms with Crippen LogP contribution in [0.4, 0.5) is 4.79 Å². The first-order valence-corrected chi connectivity index (χ1v) is 7.22. The predicted molar refractivity (Wildman–Crippen MR) is 73.1 cm³/mol. The summed E-state index contributed by atoms with van der Waals surface area (Å²) in [4.78, 5) is 25.1. The zero-order chi connectivity index (χ0) is 14.9. The molecule has 6 heteroatoms. The Morgan fingerprint density at radius 3 is 2.40 bits per heavy atom. The van der Waals surface area contributed by atoms with Gasteiger partial charge in [-0.2, -0.15) is 0 Å². The highest BCUT2D eigenvalue weighted by molar-refractivity contribution is 5.81. The van der Waals surface area contributed by atoms with Crippen molar-refractivity contribution < 1.29 is 19.4 Å². The SMILES string of the molecule is CC(C)(C)OC(=O)N1CC[C@H](NC(=O)C2CC2)[C@@H](O)C1. The minimum Gasteiger partial charge on any atom is -0.444 e. The topological polar surface area (TPSA) is 78.9 Å². The van der Waals surface area contributed by atoms with Crippen molar-refractivity contribution in [2.75, 3.05) is 13.1 Å². The molecule has 1 aliphatic carbocycles. The van der Waals surface area contributed by atoms with Crippen molar-refractivity contribution in [2.45, 2.75) is 57.8 Å². The standard InChI is InChI=1S/C14H24N2O4/c1-14(2,3)20-13(19)16-7-6-10(11(17)8-16)15-12(18)9-4-5-9/h9-11,17H,4-8H2,1-3H3,(H,15,18)/t10-,11-/m0/s1. The maximum absolute atomic E-state index is 11.9. The van der Waals surface area contributed by atoms with Crippen molar-refractivity contribution >= 4 is 12.0 Å². The Morgan fingerprint density at radius 1 is 1.25 bits per heavy atom. The van der Waals surface area contributed by atoms with Gasteiger partial charge in [0.2, 0.25) is 5.91 Å². The smallest absolute Gasteiger partial charge is 0.410 e. The number of nitrogens with zero attached hydrogens (tertiary/aromatic N) is 1. The van der Waals surface area contributed by atoms with E-state index in [9.17, 15) is 14.7 Å². The Bertz CT molecular complexity index is 387. The van der Waals surface area contributed by atoms with Gasteiger partial charge in [-0.25, -0.2) is 4.79 Å². The number of carbonyl (C=O) groups excluding carboxylic acids is 2. The van der Waals surface area contributed by atoms with Gasteiger partial charge in [-0.3, -0.25) is 4.79 Å². The second-order valence-corrected chi connectivity index (χ2v) is 6.67. The fraction of sp³-hybridized carbons (Fsp3) is 0.857. The Hall–Kier alpha value is -1.30. The van der Waals surface area contributed by atoms with E-state index in [4.69, 9.17) is 4.74 Å². The number of aliphatic hydroxyl groups is 1. The van der Waals surface area contributed by atoms with Crippen LogP contribution in [-0.2, 0) is 9.53 Å². The van der Waals surface area contributed by atoms with Crippen molar-refractivity contribution in [2.24, 2.45) is 5.92 Å². The van der Waals surface area contributed by atoms with E-state index in [1.165, 1.54) is 4.90 Å². The molecule has 20 heavy (non-hydrogen) atoms. The molecule has 2 rings (SSSR count). The molecule has 0 spiro atoms. The monoisotopic (exact) mass is 284 g/mol. The summed E-state index contributed by atoms with van der Waals surface area (Å²) in [6, 6.07) is -0.262. The summed E-state index contributed by atoms with van der Waals surface area (Å²) in [5, 5.41) is 12.9. The van der Waals surface area contributed by atoms with Gasteiger partial charge < -0.3 is 20.1 Å². The van der Waals surface area contributed by atoms with Crippen LogP contribution < -0.4 is 5.32 Å². The van der Waals surface area contributed by atoms with E-state index in [1.54, 1.807) is 0 Å². The van der Waals surface area contributed by atoms with Crippen molar-refractivity contribution in [1.29, 1.82) is 0 Å². The van der Waals surface area contributed by atoms with Gasteiger partial charge in [-0.15, -0.1) is 0 Å². The molecule has 0 unspecified atom stereocenters. The van der Waals surface area contributed by atoms with Crippen LogP contribution >= 0.6 is 0 Å². The summed E-state index contributed by atoms with van der Waals surface area (Å²) < 4.78 is 5.28. The van der Waals surface area contributed by atoms with Gasteiger partial charge in [0.05, 0.1) is 18.7 Å². The lowest BCUT2D eigenvalue weighted by atomic mass is 10.0. The van der Waals surface area contributed by atoms with Crippen LogP contribution in [0.1, 0.15) is 40.0 Å². The van der Waals surface area contributed by atoms with E-state index in [0.717, 1.165) is 12.8 Å². The van der Waals surface area contributed by atoms with Gasteiger partial charge in [0.1, 0.15) is 5.60 Å². The third kappa shape index (κ3) is 4.10. The van der Waals surface area contributed by atoms with Crippen LogP contribution in [0.5, 0.6) is 0 Å². The van der Waals surface area contributed by atoms with E-state index in [-0.39, 0.29) is 24.4 Å². The summed E-state index contributed by atoms with van der Waals surface area (Å²) in [5.74, 6) is 0.158. The molecule has 0 radical (unpaired) electrons. The number of rotatable bonds is 2. The maximum Gasteiger partial charge on any atom is 0.410 e. The molecule has 1 heterocycles. The number of carbonyl (C=O) groups is 2. The Labute approximate surface area is 119 Å². The number of hydrogen-bond donors (Lipinski definition) is 2. The molecule has 114 valence electrons. The van der Waals surface area contributed by atoms with Gasteiger partial charge in [-0.1, -0.05) is 0 Å². The normalized spacial score (nSPS) is 27.1. The predicted octanol–water partition coefficient (Wildman–Crippen LogP) is 0.883. The van der Waals surface area contributed by atoms with Gasteiger partial charge >= 0.3 is 6.09 Å². The third-order valence-corrected chi connectivity index (χ3v) is 3.51. The van der Waals surface area contributed by atoms with Gasteiger partial charge in [0.15, 0.2) is 0 Å². The lowest BCUT2D eigenvalue weighted by Crippen LogP contribution is -2.56. The molecule has 2 atom stereocenters. The largest absolute Gasteiger partial charge is 0.444 e. The highest BCUT2D eigenvalue weighted by Gasteiger charge is 2.36. The molecule has 0 aromatic heterocycles. The maximum atomic E-state index is 11.9. The highest BCUT2D eigenvalue weighted by atomic mass is 16.6. The first-order valence-electron chi connectivity index (χ1n) is 7.22. The quantitative estimate of drug-likeness (QED) is 0.789. The molecule has 2 aliphatic rings. The Balaban J connectivity index is 1.82. The second kappa shape index (κ2) is 5.60. The summed E-state index contributed by atoms with van der Waals surface area (Å²) in [7, 11) is 0. The summed E-state index contributed by atoms with van der Waals surface area (Å²) in [6.07, 6.45) is 1.29. The number of amides is 2. The van der Waals surface area contributed by atoms with E-state index in [0.29, 0.717) is 13.0 Å². The molecule has 1 saturated heterocycles. The fourth-order valence-electron chi connectivity index (χ4n) is 2.24. The lowest BCUT2D eigenvalue weighted by molar-refractivity contribution is -0.124. The van der Waals surface area contributed by atoms with Gasteiger partial charge in [0, 0.05) is 12.5 Å². The fourth-order valence-corrected chi connectivity index (χ4v) is 2.24. The molecule has 1 saturated carbocycles. The summed E-state index contributed by atoms with van der Waals surface area (Å²) >= 11 is 0. The van der Waals surface area contributed by atoms with Crippen molar-refractivity contribution in [1.82, 2.24) is 10.2 Å². The Morgan fingerprint density at radius 2 is 1.90 bits per heavy atom. The van der Waals surface area contributed by atoms with Gasteiger partial charge in [0.25, 0.3) is 0 Å². The van der Waals surface area contributed by atoms with E-state index < -0.39 is 17.8 Å². The van der Waals surface area contributed by atoms with Crippen LogP contribution in [0.2, 0.25) is 0 Å². The zero-order valence-corrected chi connectivity index (χ0v) is 12.4. The molecule has 0 aromatic rings. The molecule has 6 nitrogen and oxygen atoms in total. The van der Waals surface area contributed by atoms with Crippen molar-refractivity contribution in [3.05, 3.63) is 0 Å². The molecule has 0 bridgehead atoms. The third-order valence-electron chi connectivity index (χ3n) is 3.51. The minimum atomic E-state index is -0.737. The van der Waals surface area contributed by atoms with Crippen molar-refractivity contribution in [3.8, 4) is 0 Å². The molecule has 2 N–H and O–H groups in total. The van der Waals surface area contributed by atoms with Gasteiger partial charge in [-0.05, 0) is 40.0 Å². The average Bonchev–Trinajstić information content (AvgIpc) is 3.13. The second-order valence-electron chi connectivity index (χ2n) is 6.67. The molecular formula is C14H24N2O4. The Kier molecular flexibility index (Phi) is 4.22. The first kappa shape index (κ1) is 15.1. The summed E-state index contributed by atoms with van der Waals surface area (Å²) in [5.41, 5.74) is -0.543. The number of ether oxygens (including phenoxy) is 1.